The molecule has 1 saturated heterocycles. The van der Waals surface area contributed by atoms with Crippen LogP contribution < -0.4 is 5.32 Å². The van der Waals surface area contributed by atoms with Crippen molar-refractivity contribution < 1.29 is 33.4 Å². The van der Waals surface area contributed by atoms with Crippen molar-refractivity contribution in [2.45, 2.75) is 97.6 Å². The molecule has 0 saturated carbocycles. The van der Waals surface area contributed by atoms with Gasteiger partial charge in [0.2, 0.25) is 5.91 Å². The van der Waals surface area contributed by atoms with Gasteiger partial charge in [-0.3, -0.25) is 19.3 Å². The number of aldehydes is 1. The van der Waals surface area contributed by atoms with Crippen molar-refractivity contribution in [3.63, 3.8) is 0 Å². The van der Waals surface area contributed by atoms with Crippen molar-refractivity contribution in [3.05, 3.63) is 0 Å². The van der Waals surface area contributed by atoms with Gasteiger partial charge in [-0.05, 0) is 54.4 Å². The molecule has 0 aromatic heterocycles. The summed E-state index contributed by atoms with van der Waals surface area (Å²) in [5, 5.41) is 2.75. The molecule has 0 radical (unpaired) electrons. The van der Waals surface area contributed by atoms with Gasteiger partial charge in [0.25, 0.3) is 0 Å². The van der Waals surface area contributed by atoms with Crippen LogP contribution >= 0.6 is 0 Å². The van der Waals surface area contributed by atoms with Gasteiger partial charge in [0.05, 0.1) is 6.10 Å². The molecule has 1 N–H and O–H groups in total. The molecule has 0 spiro atoms. The number of rotatable bonds is 10. The number of amides is 1. The molecule has 1 aliphatic rings. The Morgan fingerprint density at radius 3 is 2.09 bits per heavy atom. The second-order valence-electron chi connectivity index (χ2n) is 10.6. The fourth-order valence-corrected chi connectivity index (χ4v) is 4.16. The average Bonchev–Trinajstić information content (AvgIpc) is 3.08. The molecule has 0 aromatic rings. The average molecular weight is 471 g/mol. The summed E-state index contributed by atoms with van der Waals surface area (Å²) in [5.74, 6) is -2.02. The van der Waals surface area contributed by atoms with E-state index in [4.69, 9.17) is 14.2 Å². The first-order valence-corrected chi connectivity index (χ1v) is 11.6. The number of likely N-dealkylation sites (tertiary alicyclic amines) is 1. The van der Waals surface area contributed by atoms with Gasteiger partial charge in [-0.2, -0.15) is 0 Å². The number of nitrogens with zero attached hydrogens (tertiary/aromatic N) is 1. The number of hydrogen-bond acceptors (Lipinski definition) is 8. The lowest BCUT2D eigenvalue weighted by atomic mass is 9.88. The number of carbonyl (C=O) groups is 4. The van der Waals surface area contributed by atoms with Crippen molar-refractivity contribution in [2.24, 2.45) is 11.8 Å². The van der Waals surface area contributed by atoms with Gasteiger partial charge >= 0.3 is 11.9 Å². The fourth-order valence-electron chi connectivity index (χ4n) is 4.16. The van der Waals surface area contributed by atoms with E-state index in [2.05, 4.69) is 5.32 Å². The summed E-state index contributed by atoms with van der Waals surface area (Å²) in [6.45, 7) is 14.4. The van der Waals surface area contributed by atoms with Crippen molar-refractivity contribution in [1.29, 1.82) is 0 Å². The third-order valence-corrected chi connectivity index (χ3v) is 5.46. The van der Waals surface area contributed by atoms with Gasteiger partial charge in [0.1, 0.15) is 29.6 Å². The molecule has 33 heavy (non-hydrogen) atoms. The zero-order valence-electron chi connectivity index (χ0n) is 21.6. The van der Waals surface area contributed by atoms with E-state index in [9.17, 15) is 19.2 Å². The third kappa shape index (κ3) is 9.04. The van der Waals surface area contributed by atoms with Crippen LogP contribution in [-0.2, 0) is 33.4 Å². The lowest BCUT2D eigenvalue weighted by molar-refractivity contribution is -0.172. The highest BCUT2D eigenvalue weighted by atomic mass is 16.6. The summed E-state index contributed by atoms with van der Waals surface area (Å²) >= 11 is 0. The van der Waals surface area contributed by atoms with Crippen LogP contribution in [0, 0.1) is 11.8 Å². The Hall–Kier alpha value is -2.00. The van der Waals surface area contributed by atoms with Crippen LogP contribution in [0.5, 0.6) is 0 Å². The Labute approximate surface area is 197 Å². The van der Waals surface area contributed by atoms with Crippen LogP contribution in [0.3, 0.4) is 0 Å². The Morgan fingerprint density at radius 2 is 1.67 bits per heavy atom. The predicted octanol–water partition coefficient (Wildman–Crippen LogP) is 2.11. The monoisotopic (exact) mass is 470 g/mol. The molecular formula is C24H42N2O7. The van der Waals surface area contributed by atoms with E-state index in [1.807, 2.05) is 6.92 Å². The van der Waals surface area contributed by atoms with Crippen molar-refractivity contribution in [1.82, 2.24) is 10.2 Å². The quantitative estimate of drug-likeness (QED) is 0.382. The zero-order chi connectivity index (χ0) is 25.6. The Kier molecular flexibility index (Phi) is 10.5. The summed E-state index contributed by atoms with van der Waals surface area (Å²) in [5.41, 5.74) is -1.47. The van der Waals surface area contributed by atoms with Gasteiger partial charge in [-0.1, -0.05) is 6.92 Å². The van der Waals surface area contributed by atoms with Crippen molar-refractivity contribution in [2.75, 3.05) is 20.2 Å². The van der Waals surface area contributed by atoms with E-state index in [0.29, 0.717) is 6.42 Å². The molecule has 0 aliphatic carbocycles. The molecule has 1 aliphatic heterocycles. The molecule has 190 valence electrons. The molecular weight excluding hydrogens is 428 g/mol. The summed E-state index contributed by atoms with van der Waals surface area (Å²) in [4.78, 5) is 51.5. The maximum Gasteiger partial charge on any atom is 0.324 e. The van der Waals surface area contributed by atoms with Crippen molar-refractivity contribution in [3.8, 4) is 0 Å². The Morgan fingerprint density at radius 1 is 1.09 bits per heavy atom. The fraction of sp³-hybridized carbons (Fsp3) is 0.833. The van der Waals surface area contributed by atoms with E-state index in [1.165, 1.54) is 14.0 Å². The van der Waals surface area contributed by atoms with Gasteiger partial charge in [-0.15, -0.1) is 0 Å². The Balaban J connectivity index is 3.44. The minimum absolute atomic E-state index is 0.200. The Bertz CT molecular complexity index is 696. The van der Waals surface area contributed by atoms with Gasteiger partial charge in [0.15, 0.2) is 0 Å². The maximum absolute atomic E-state index is 13.5. The summed E-state index contributed by atoms with van der Waals surface area (Å²) in [6, 6.07) is -1.64. The molecule has 1 rings (SSSR count). The molecule has 1 amide bonds. The zero-order valence-corrected chi connectivity index (χ0v) is 21.6. The minimum Gasteiger partial charge on any atom is -0.459 e. The standard InChI is InChI=1S/C24H42N2O7/c1-10-17(19(31-9)12-25-15(2)28)20(22(30)33-24(6,7)8)26-13-16(14-27)11-18(26)21(29)32-23(3,4)5/h14,16-20H,10-13H2,1-9H3,(H,25,28)/t16?,17-,18?,19?,20+/m0/s1. The minimum atomic E-state index is -0.865. The lowest BCUT2D eigenvalue weighted by Crippen LogP contribution is -2.57. The van der Waals surface area contributed by atoms with Crippen LogP contribution in [-0.4, -0.2) is 78.6 Å². The molecule has 9 nitrogen and oxygen atoms in total. The number of ether oxygens (including phenoxy) is 3. The van der Waals surface area contributed by atoms with Crippen LogP contribution in [0.15, 0.2) is 0 Å². The molecule has 5 atom stereocenters. The van der Waals surface area contributed by atoms with E-state index in [-0.39, 0.29) is 25.4 Å². The van der Waals surface area contributed by atoms with Crippen molar-refractivity contribution >= 4 is 24.1 Å². The number of carbonyl (C=O) groups excluding carboxylic acids is 4. The first-order valence-electron chi connectivity index (χ1n) is 11.6. The molecule has 3 unspecified atom stereocenters. The third-order valence-electron chi connectivity index (χ3n) is 5.46. The summed E-state index contributed by atoms with van der Waals surface area (Å²) < 4.78 is 17.0. The van der Waals surface area contributed by atoms with E-state index in [0.717, 1.165) is 6.29 Å². The normalized spacial score (nSPS) is 22.2. The van der Waals surface area contributed by atoms with Crippen LogP contribution in [0.2, 0.25) is 0 Å². The lowest BCUT2D eigenvalue weighted by Gasteiger charge is -2.40. The first-order chi connectivity index (χ1) is 15.1. The SMILES string of the molecule is CC[C@@H](C(CNC(C)=O)OC)[C@H](C(=O)OC(C)(C)C)N1CC(C=O)CC1C(=O)OC(C)(C)C. The second kappa shape index (κ2) is 11.9. The summed E-state index contributed by atoms with van der Waals surface area (Å²) in [7, 11) is 1.52. The largest absolute Gasteiger partial charge is 0.459 e. The first kappa shape index (κ1) is 29.0. The molecule has 9 heteroatoms. The van der Waals surface area contributed by atoms with Gasteiger partial charge in [-0.25, -0.2) is 0 Å². The number of hydrogen-bond donors (Lipinski definition) is 1. The highest BCUT2D eigenvalue weighted by Crippen LogP contribution is 2.33. The number of nitrogens with one attached hydrogen (secondary N) is 1. The highest BCUT2D eigenvalue weighted by Gasteiger charge is 2.49. The molecule has 1 fully saturated rings. The highest BCUT2D eigenvalue weighted by molar-refractivity contribution is 5.81. The molecule has 0 bridgehead atoms. The van der Waals surface area contributed by atoms with Gasteiger partial charge in [0, 0.05) is 39.0 Å². The van der Waals surface area contributed by atoms with E-state index < -0.39 is 53.2 Å². The smallest absolute Gasteiger partial charge is 0.324 e. The number of methoxy groups -OCH3 is 1. The van der Waals surface area contributed by atoms with Crippen LogP contribution in [0.25, 0.3) is 0 Å². The predicted molar refractivity (Wildman–Crippen MR) is 123 cm³/mol. The van der Waals surface area contributed by atoms with E-state index in [1.54, 1.807) is 46.4 Å². The van der Waals surface area contributed by atoms with E-state index >= 15 is 0 Å². The summed E-state index contributed by atoms with van der Waals surface area (Å²) in [6.07, 6.45) is 1.09. The van der Waals surface area contributed by atoms with Crippen LogP contribution in [0.4, 0.5) is 0 Å². The van der Waals surface area contributed by atoms with Crippen LogP contribution in [0.1, 0.15) is 68.2 Å². The topological polar surface area (TPSA) is 111 Å². The second-order valence-corrected chi connectivity index (χ2v) is 10.6. The maximum atomic E-state index is 13.5. The molecule has 1 heterocycles. The molecule has 0 aromatic carbocycles. The van der Waals surface area contributed by atoms with Gasteiger partial charge < -0.3 is 24.3 Å². The number of esters is 2.